The Morgan fingerprint density at radius 3 is 2.50 bits per heavy atom. The SMILES string of the molecule is Cc1cc(-c2n[nH]c3cc4c(cc23)CN(C(C)c2ccccc2)C(=O)N4)cc(C)n1. The Labute approximate surface area is 174 Å². The number of carbonyl (C=O) groups is 1. The molecular formula is C24H23N5O. The van der Waals surface area contributed by atoms with Gasteiger partial charge < -0.3 is 10.2 Å². The normalized spacial score (nSPS) is 14.5. The van der Waals surface area contributed by atoms with Crippen LogP contribution >= 0.6 is 0 Å². The van der Waals surface area contributed by atoms with E-state index >= 15 is 0 Å². The molecule has 150 valence electrons. The summed E-state index contributed by atoms with van der Waals surface area (Å²) < 4.78 is 0. The number of nitrogens with zero attached hydrogens (tertiary/aromatic N) is 3. The fourth-order valence-electron chi connectivity index (χ4n) is 4.21. The number of benzene rings is 2. The van der Waals surface area contributed by atoms with Crippen molar-refractivity contribution in [3.05, 3.63) is 77.1 Å². The number of nitrogens with one attached hydrogen (secondary N) is 2. The lowest BCUT2D eigenvalue weighted by atomic mass is 10.0. The van der Waals surface area contributed by atoms with E-state index in [-0.39, 0.29) is 12.1 Å². The second kappa shape index (κ2) is 6.99. The lowest BCUT2D eigenvalue weighted by molar-refractivity contribution is 0.186. The van der Waals surface area contributed by atoms with Crippen LogP contribution in [0.25, 0.3) is 22.2 Å². The number of hydrogen-bond donors (Lipinski definition) is 2. The van der Waals surface area contributed by atoms with E-state index in [1.165, 1.54) is 0 Å². The third-order valence-corrected chi connectivity index (χ3v) is 5.73. The molecule has 1 aliphatic rings. The summed E-state index contributed by atoms with van der Waals surface area (Å²) in [4.78, 5) is 19.1. The molecule has 1 atom stereocenters. The van der Waals surface area contributed by atoms with Gasteiger partial charge >= 0.3 is 6.03 Å². The fraction of sp³-hybridized carbons (Fsp3) is 0.208. The predicted octanol–water partition coefficient (Wildman–Crippen LogP) is 5.35. The van der Waals surface area contributed by atoms with Gasteiger partial charge in [0.25, 0.3) is 0 Å². The maximum Gasteiger partial charge on any atom is 0.322 e. The molecule has 5 rings (SSSR count). The van der Waals surface area contributed by atoms with Gasteiger partial charge in [-0.1, -0.05) is 30.3 Å². The van der Waals surface area contributed by atoms with E-state index in [9.17, 15) is 4.79 Å². The second-order valence-corrected chi connectivity index (χ2v) is 7.91. The van der Waals surface area contributed by atoms with Crippen LogP contribution in [0, 0.1) is 13.8 Å². The first-order valence-corrected chi connectivity index (χ1v) is 10.1. The number of hydrogen-bond acceptors (Lipinski definition) is 3. The molecule has 6 heteroatoms. The van der Waals surface area contributed by atoms with Crippen molar-refractivity contribution in [1.29, 1.82) is 0 Å². The molecule has 1 unspecified atom stereocenters. The third-order valence-electron chi connectivity index (χ3n) is 5.73. The van der Waals surface area contributed by atoms with Crippen molar-refractivity contribution >= 4 is 22.6 Å². The van der Waals surface area contributed by atoms with Gasteiger partial charge in [0, 0.05) is 28.0 Å². The van der Waals surface area contributed by atoms with Crippen molar-refractivity contribution in [2.24, 2.45) is 0 Å². The molecule has 30 heavy (non-hydrogen) atoms. The number of aromatic amines is 1. The van der Waals surface area contributed by atoms with E-state index in [1.807, 2.05) is 55.1 Å². The van der Waals surface area contributed by atoms with Crippen LogP contribution in [0.3, 0.4) is 0 Å². The summed E-state index contributed by atoms with van der Waals surface area (Å²) >= 11 is 0. The minimum atomic E-state index is -0.0849. The molecule has 0 spiro atoms. The highest BCUT2D eigenvalue weighted by Gasteiger charge is 2.28. The van der Waals surface area contributed by atoms with Crippen molar-refractivity contribution < 1.29 is 4.79 Å². The summed E-state index contributed by atoms with van der Waals surface area (Å²) in [5.74, 6) is 0. The van der Waals surface area contributed by atoms with Gasteiger partial charge in [0.05, 0.1) is 18.1 Å². The van der Waals surface area contributed by atoms with Gasteiger partial charge in [0.2, 0.25) is 0 Å². The molecule has 1 aliphatic heterocycles. The quantitative estimate of drug-likeness (QED) is 0.489. The third kappa shape index (κ3) is 3.10. The Balaban J connectivity index is 1.55. The summed E-state index contributed by atoms with van der Waals surface area (Å²) in [7, 11) is 0. The predicted molar refractivity (Wildman–Crippen MR) is 118 cm³/mol. The zero-order chi connectivity index (χ0) is 20.8. The van der Waals surface area contributed by atoms with Gasteiger partial charge in [-0.3, -0.25) is 10.1 Å². The number of anilines is 1. The number of carbonyl (C=O) groups excluding carboxylic acids is 1. The van der Waals surface area contributed by atoms with E-state index in [0.29, 0.717) is 6.54 Å². The Morgan fingerprint density at radius 2 is 1.77 bits per heavy atom. The standard InChI is InChI=1S/C24H23N5O/c1-14-9-18(10-15(2)25-14)23-20-11-19-13-29(16(3)17-7-5-4-6-8-17)24(30)26-21(19)12-22(20)27-28-23/h4-12,16H,13H2,1-3H3,(H,26,30)(H,27,28). The van der Waals surface area contributed by atoms with Gasteiger partial charge in [0.1, 0.15) is 5.69 Å². The van der Waals surface area contributed by atoms with Crippen LogP contribution in [0.5, 0.6) is 0 Å². The number of amides is 2. The fourth-order valence-corrected chi connectivity index (χ4v) is 4.21. The van der Waals surface area contributed by atoms with Crippen LogP contribution in [0.2, 0.25) is 0 Å². The minimum absolute atomic E-state index is 0.0237. The molecule has 3 heterocycles. The van der Waals surface area contributed by atoms with Crippen LogP contribution in [0.4, 0.5) is 10.5 Å². The summed E-state index contributed by atoms with van der Waals surface area (Å²) in [6.07, 6.45) is 0. The number of urea groups is 1. The molecule has 6 nitrogen and oxygen atoms in total. The van der Waals surface area contributed by atoms with Gasteiger partial charge in [-0.15, -0.1) is 0 Å². The highest BCUT2D eigenvalue weighted by molar-refractivity contribution is 6.00. The lowest BCUT2D eigenvalue weighted by Gasteiger charge is -2.34. The van der Waals surface area contributed by atoms with Gasteiger partial charge in [0.15, 0.2) is 0 Å². The van der Waals surface area contributed by atoms with Crippen LogP contribution in [-0.4, -0.2) is 26.1 Å². The molecule has 2 N–H and O–H groups in total. The number of fused-ring (bicyclic) bond motifs is 2. The maximum atomic E-state index is 12.8. The number of aromatic nitrogens is 3. The van der Waals surface area contributed by atoms with E-state index in [0.717, 1.165) is 50.4 Å². The monoisotopic (exact) mass is 397 g/mol. The van der Waals surface area contributed by atoms with E-state index < -0.39 is 0 Å². The Kier molecular flexibility index (Phi) is 4.28. The Bertz CT molecular complexity index is 1240. The average molecular weight is 397 g/mol. The molecule has 2 aromatic carbocycles. The molecule has 2 aromatic heterocycles. The van der Waals surface area contributed by atoms with Crippen molar-refractivity contribution in [3.63, 3.8) is 0 Å². The van der Waals surface area contributed by atoms with Gasteiger partial charge in [-0.05, 0) is 56.2 Å². The van der Waals surface area contributed by atoms with Crippen molar-refractivity contribution in [2.75, 3.05) is 5.32 Å². The average Bonchev–Trinajstić information content (AvgIpc) is 3.14. The minimum Gasteiger partial charge on any atom is -0.313 e. The molecule has 0 saturated carbocycles. The van der Waals surface area contributed by atoms with Crippen LogP contribution in [0.1, 0.15) is 35.5 Å². The zero-order valence-electron chi connectivity index (χ0n) is 17.2. The lowest BCUT2D eigenvalue weighted by Crippen LogP contribution is -2.40. The molecular weight excluding hydrogens is 374 g/mol. The molecule has 0 radical (unpaired) electrons. The number of H-pyrrole nitrogens is 1. The Hall–Kier alpha value is -3.67. The second-order valence-electron chi connectivity index (χ2n) is 7.91. The zero-order valence-corrected chi connectivity index (χ0v) is 17.2. The Morgan fingerprint density at radius 1 is 1.03 bits per heavy atom. The highest BCUT2D eigenvalue weighted by atomic mass is 16.2. The van der Waals surface area contributed by atoms with E-state index in [2.05, 4.69) is 45.6 Å². The topological polar surface area (TPSA) is 73.9 Å². The molecule has 4 aromatic rings. The number of rotatable bonds is 3. The van der Waals surface area contributed by atoms with Crippen molar-refractivity contribution in [3.8, 4) is 11.3 Å². The first kappa shape index (κ1) is 18.4. The van der Waals surface area contributed by atoms with Crippen LogP contribution < -0.4 is 5.32 Å². The molecule has 0 aliphatic carbocycles. The van der Waals surface area contributed by atoms with Gasteiger partial charge in [-0.2, -0.15) is 5.10 Å². The van der Waals surface area contributed by atoms with Crippen LogP contribution in [-0.2, 0) is 6.54 Å². The first-order valence-electron chi connectivity index (χ1n) is 10.1. The molecule has 2 amide bonds. The summed E-state index contributed by atoms with van der Waals surface area (Å²) in [5, 5.41) is 11.8. The van der Waals surface area contributed by atoms with Gasteiger partial charge in [-0.25, -0.2) is 4.79 Å². The van der Waals surface area contributed by atoms with Crippen LogP contribution in [0.15, 0.2) is 54.6 Å². The molecule has 0 saturated heterocycles. The van der Waals surface area contributed by atoms with E-state index in [1.54, 1.807) is 0 Å². The molecule has 0 bridgehead atoms. The van der Waals surface area contributed by atoms with Crippen molar-refractivity contribution in [2.45, 2.75) is 33.4 Å². The molecule has 0 fully saturated rings. The number of pyridine rings is 1. The van der Waals surface area contributed by atoms with Crippen molar-refractivity contribution in [1.82, 2.24) is 20.1 Å². The highest BCUT2D eigenvalue weighted by Crippen LogP contribution is 2.35. The maximum absolute atomic E-state index is 12.8. The summed E-state index contributed by atoms with van der Waals surface area (Å²) in [6, 6.07) is 18.2. The van der Waals surface area contributed by atoms with E-state index in [4.69, 9.17) is 0 Å². The smallest absolute Gasteiger partial charge is 0.313 e. The number of aryl methyl sites for hydroxylation is 2. The first-order chi connectivity index (χ1) is 14.5. The summed E-state index contributed by atoms with van der Waals surface area (Å²) in [6.45, 7) is 6.59. The summed E-state index contributed by atoms with van der Waals surface area (Å²) in [5.41, 5.74) is 7.81. The largest absolute Gasteiger partial charge is 0.322 e.